The summed E-state index contributed by atoms with van der Waals surface area (Å²) in [6.07, 6.45) is 3.93. The van der Waals surface area contributed by atoms with Crippen molar-refractivity contribution in [3.8, 4) is 0 Å². The second kappa shape index (κ2) is 9.96. The molecule has 0 radical (unpaired) electrons. The van der Waals surface area contributed by atoms with Gasteiger partial charge in [-0.15, -0.1) is 0 Å². The Morgan fingerprint density at radius 3 is 2.48 bits per heavy atom. The van der Waals surface area contributed by atoms with Gasteiger partial charge in [0.1, 0.15) is 0 Å². The van der Waals surface area contributed by atoms with Gasteiger partial charge in [-0.1, -0.05) is 25.4 Å². The van der Waals surface area contributed by atoms with Crippen LogP contribution < -0.4 is 5.32 Å². The fourth-order valence-corrected chi connectivity index (χ4v) is 4.50. The van der Waals surface area contributed by atoms with E-state index in [-0.39, 0.29) is 11.8 Å². The predicted molar refractivity (Wildman–Crippen MR) is 132 cm³/mol. The van der Waals surface area contributed by atoms with Crippen LogP contribution in [0.4, 0.5) is 0 Å². The first-order chi connectivity index (χ1) is 15.8. The Kier molecular flexibility index (Phi) is 7.03. The first-order valence-corrected chi connectivity index (χ1v) is 12.0. The van der Waals surface area contributed by atoms with Crippen LogP contribution in [0.3, 0.4) is 0 Å². The number of aryl methyl sites for hydroxylation is 1. The zero-order valence-corrected chi connectivity index (χ0v) is 20.2. The van der Waals surface area contributed by atoms with Gasteiger partial charge in [0, 0.05) is 53.9 Å². The van der Waals surface area contributed by atoms with Crippen LogP contribution in [0.5, 0.6) is 0 Å². The monoisotopic (exact) mass is 466 g/mol. The number of carbonyl (C=O) groups excluding carboxylic acids is 2. The van der Waals surface area contributed by atoms with E-state index in [1.807, 2.05) is 28.6 Å². The molecule has 1 aliphatic heterocycles. The Labute approximate surface area is 199 Å². The Morgan fingerprint density at radius 1 is 1.12 bits per heavy atom. The maximum absolute atomic E-state index is 12.7. The van der Waals surface area contributed by atoms with Gasteiger partial charge in [0.05, 0.1) is 5.52 Å². The fraction of sp³-hybridized carbons (Fsp3) is 0.423. The van der Waals surface area contributed by atoms with Crippen LogP contribution in [0.2, 0.25) is 5.02 Å². The molecule has 2 aromatic carbocycles. The fourth-order valence-electron chi connectivity index (χ4n) is 4.37. The summed E-state index contributed by atoms with van der Waals surface area (Å²) >= 11 is 5.93. The lowest BCUT2D eigenvalue weighted by atomic mass is 9.96. The minimum Gasteiger partial charge on any atom is -0.352 e. The summed E-state index contributed by atoms with van der Waals surface area (Å²) in [5.41, 5.74) is 3.25. The largest absolute Gasteiger partial charge is 0.352 e. The summed E-state index contributed by atoms with van der Waals surface area (Å²) in [5.74, 6) is 0.902. The van der Waals surface area contributed by atoms with E-state index < -0.39 is 0 Å². The zero-order chi connectivity index (χ0) is 23.5. The SMILES string of the molecule is Cc1c(C(=O)NCC(C)C)ccc2nn(CC3CCN(C(=O)c4ccc(Cl)cc4)CC3)cc12. The number of hydrogen-bond donors (Lipinski definition) is 1. The maximum Gasteiger partial charge on any atom is 0.253 e. The Morgan fingerprint density at radius 2 is 1.82 bits per heavy atom. The van der Waals surface area contributed by atoms with Crippen molar-refractivity contribution < 1.29 is 9.59 Å². The van der Waals surface area contributed by atoms with Crippen molar-refractivity contribution in [2.45, 2.75) is 40.2 Å². The highest BCUT2D eigenvalue weighted by Gasteiger charge is 2.24. The van der Waals surface area contributed by atoms with Crippen LogP contribution >= 0.6 is 11.6 Å². The molecule has 0 spiro atoms. The van der Waals surface area contributed by atoms with Gasteiger partial charge in [-0.25, -0.2) is 0 Å². The Bertz CT molecular complexity index is 1150. The molecule has 174 valence electrons. The van der Waals surface area contributed by atoms with Crippen molar-refractivity contribution in [2.75, 3.05) is 19.6 Å². The third-order valence-corrected chi connectivity index (χ3v) is 6.61. The first-order valence-electron chi connectivity index (χ1n) is 11.6. The van der Waals surface area contributed by atoms with Crippen molar-refractivity contribution >= 4 is 34.3 Å². The maximum atomic E-state index is 12.7. The van der Waals surface area contributed by atoms with E-state index in [4.69, 9.17) is 16.7 Å². The van der Waals surface area contributed by atoms with Crippen molar-refractivity contribution in [1.82, 2.24) is 20.0 Å². The number of benzene rings is 2. The summed E-state index contributed by atoms with van der Waals surface area (Å²) < 4.78 is 1.99. The molecule has 1 N–H and O–H groups in total. The van der Waals surface area contributed by atoms with E-state index >= 15 is 0 Å². The van der Waals surface area contributed by atoms with E-state index in [1.54, 1.807) is 24.3 Å². The van der Waals surface area contributed by atoms with Gasteiger partial charge < -0.3 is 10.2 Å². The molecule has 0 atom stereocenters. The van der Waals surface area contributed by atoms with Gasteiger partial charge in [-0.05, 0) is 73.6 Å². The van der Waals surface area contributed by atoms with Crippen LogP contribution in [0, 0.1) is 18.8 Å². The Hall–Kier alpha value is -2.86. The lowest BCUT2D eigenvalue weighted by Crippen LogP contribution is -2.39. The quantitative estimate of drug-likeness (QED) is 0.559. The highest BCUT2D eigenvalue weighted by Crippen LogP contribution is 2.25. The first kappa shape index (κ1) is 23.3. The normalized spacial score (nSPS) is 14.8. The number of hydrogen-bond acceptors (Lipinski definition) is 3. The van der Waals surface area contributed by atoms with Crippen molar-refractivity contribution in [3.05, 3.63) is 64.3 Å². The number of aromatic nitrogens is 2. The van der Waals surface area contributed by atoms with Gasteiger partial charge in [-0.2, -0.15) is 5.10 Å². The number of likely N-dealkylation sites (tertiary alicyclic amines) is 1. The zero-order valence-electron chi connectivity index (χ0n) is 19.5. The third kappa shape index (κ3) is 5.38. The highest BCUT2D eigenvalue weighted by atomic mass is 35.5. The van der Waals surface area contributed by atoms with Crippen LogP contribution in [0.1, 0.15) is 53.0 Å². The second-order valence-electron chi connectivity index (χ2n) is 9.37. The molecule has 2 heterocycles. The minimum absolute atomic E-state index is 0.0337. The Balaban J connectivity index is 1.38. The average Bonchev–Trinajstić information content (AvgIpc) is 3.22. The number of nitrogens with zero attached hydrogens (tertiary/aromatic N) is 3. The van der Waals surface area contributed by atoms with Gasteiger partial charge in [0.25, 0.3) is 11.8 Å². The van der Waals surface area contributed by atoms with Gasteiger partial charge in [0.15, 0.2) is 0 Å². The molecule has 0 saturated carbocycles. The molecule has 4 rings (SSSR count). The summed E-state index contributed by atoms with van der Waals surface area (Å²) in [6.45, 7) is 9.11. The molecule has 0 unspecified atom stereocenters. The molecule has 33 heavy (non-hydrogen) atoms. The molecular weight excluding hydrogens is 436 g/mol. The number of piperidine rings is 1. The van der Waals surface area contributed by atoms with Crippen molar-refractivity contribution in [3.63, 3.8) is 0 Å². The molecule has 7 heteroatoms. The number of amides is 2. The summed E-state index contributed by atoms with van der Waals surface area (Å²) in [5, 5.41) is 9.39. The topological polar surface area (TPSA) is 67.2 Å². The molecule has 0 aliphatic carbocycles. The lowest BCUT2D eigenvalue weighted by Gasteiger charge is -2.32. The smallest absolute Gasteiger partial charge is 0.253 e. The summed E-state index contributed by atoms with van der Waals surface area (Å²) in [4.78, 5) is 27.2. The van der Waals surface area contributed by atoms with Gasteiger partial charge in [0.2, 0.25) is 0 Å². The van der Waals surface area contributed by atoms with Crippen LogP contribution in [-0.2, 0) is 6.54 Å². The predicted octanol–water partition coefficient (Wildman–Crippen LogP) is 4.94. The van der Waals surface area contributed by atoms with E-state index in [0.717, 1.165) is 48.9 Å². The van der Waals surface area contributed by atoms with Crippen LogP contribution in [0.25, 0.3) is 10.9 Å². The molecule has 0 bridgehead atoms. The van der Waals surface area contributed by atoms with E-state index in [0.29, 0.717) is 34.5 Å². The third-order valence-electron chi connectivity index (χ3n) is 6.36. The molecule has 3 aromatic rings. The molecule has 1 fully saturated rings. The highest BCUT2D eigenvalue weighted by molar-refractivity contribution is 6.30. The van der Waals surface area contributed by atoms with Crippen LogP contribution in [-0.4, -0.2) is 46.1 Å². The number of rotatable bonds is 6. The molecule has 1 saturated heterocycles. The number of carbonyl (C=O) groups is 2. The molecule has 2 amide bonds. The second-order valence-corrected chi connectivity index (χ2v) is 9.80. The van der Waals surface area contributed by atoms with E-state index in [9.17, 15) is 9.59 Å². The van der Waals surface area contributed by atoms with Crippen molar-refractivity contribution in [2.24, 2.45) is 11.8 Å². The standard InChI is InChI=1S/C26H31ClN4O2/c1-17(2)14-28-25(32)22-8-9-24-23(18(22)3)16-31(29-24)15-19-10-12-30(13-11-19)26(33)20-4-6-21(27)7-5-20/h4-9,16-17,19H,10-15H2,1-3H3,(H,28,32). The molecule has 6 nitrogen and oxygen atoms in total. The number of halogens is 1. The van der Waals surface area contributed by atoms with E-state index in [1.165, 1.54) is 0 Å². The summed E-state index contributed by atoms with van der Waals surface area (Å²) in [7, 11) is 0. The van der Waals surface area contributed by atoms with Gasteiger partial charge in [-0.3, -0.25) is 14.3 Å². The number of nitrogens with one attached hydrogen (secondary N) is 1. The lowest BCUT2D eigenvalue weighted by molar-refractivity contribution is 0.0681. The van der Waals surface area contributed by atoms with Crippen molar-refractivity contribution in [1.29, 1.82) is 0 Å². The summed E-state index contributed by atoms with van der Waals surface area (Å²) in [6, 6.07) is 10.9. The van der Waals surface area contributed by atoms with E-state index in [2.05, 4.69) is 25.4 Å². The average molecular weight is 467 g/mol. The van der Waals surface area contributed by atoms with Crippen LogP contribution in [0.15, 0.2) is 42.6 Å². The molecule has 1 aliphatic rings. The molecular formula is C26H31ClN4O2. The van der Waals surface area contributed by atoms with Gasteiger partial charge >= 0.3 is 0 Å². The number of fused-ring (bicyclic) bond motifs is 1. The molecule has 1 aromatic heterocycles. The minimum atomic E-state index is -0.0337.